The van der Waals surface area contributed by atoms with Crippen LogP contribution in [0, 0.1) is 6.92 Å². The lowest BCUT2D eigenvalue weighted by molar-refractivity contribution is 0.521. The second-order valence-electron chi connectivity index (χ2n) is 7.61. The van der Waals surface area contributed by atoms with Crippen LogP contribution in [-0.2, 0) is 22.3 Å². The molecule has 8 nitrogen and oxygen atoms in total. The van der Waals surface area contributed by atoms with E-state index in [1.54, 1.807) is 23.9 Å². The number of rotatable bonds is 8. The van der Waals surface area contributed by atoms with E-state index in [2.05, 4.69) is 21.7 Å². The minimum atomic E-state index is -3.52. The summed E-state index contributed by atoms with van der Waals surface area (Å²) in [6.07, 6.45) is 0.945. The summed E-state index contributed by atoms with van der Waals surface area (Å²) in [5, 5.41) is 9.40. The van der Waals surface area contributed by atoms with Gasteiger partial charge in [0.05, 0.1) is 21.7 Å². The molecule has 0 N–H and O–H groups in total. The van der Waals surface area contributed by atoms with E-state index in [1.165, 1.54) is 18.4 Å². The highest BCUT2D eigenvalue weighted by atomic mass is 32.2. The molecule has 2 heterocycles. The van der Waals surface area contributed by atoms with Crippen LogP contribution in [0.1, 0.15) is 25.0 Å². The number of aryl methyl sites for hydroxylation is 2. The number of para-hydroxylation sites is 1. The molecule has 0 unspecified atom stereocenters. The van der Waals surface area contributed by atoms with Crippen molar-refractivity contribution in [1.82, 2.24) is 28.6 Å². The molecule has 2 aromatic heterocycles. The molecule has 0 aliphatic carbocycles. The van der Waals surface area contributed by atoms with Crippen molar-refractivity contribution in [2.24, 2.45) is 0 Å². The van der Waals surface area contributed by atoms with Gasteiger partial charge in [0.25, 0.3) is 0 Å². The number of thioether (sulfide) groups is 1. The van der Waals surface area contributed by atoms with Crippen LogP contribution in [0.4, 0.5) is 0 Å². The van der Waals surface area contributed by atoms with Crippen LogP contribution < -0.4 is 0 Å². The van der Waals surface area contributed by atoms with E-state index in [0.717, 1.165) is 41.0 Å². The Hall–Kier alpha value is -2.69. The van der Waals surface area contributed by atoms with Crippen molar-refractivity contribution in [3.63, 3.8) is 0 Å². The van der Waals surface area contributed by atoms with Gasteiger partial charge in [-0.2, -0.15) is 0 Å². The van der Waals surface area contributed by atoms with E-state index in [4.69, 9.17) is 4.98 Å². The van der Waals surface area contributed by atoms with Crippen LogP contribution in [-0.4, -0.2) is 51.1 Å². The molecule has 168 valence electrons. The zero-order valence-electron chi connectivity index (χ0n) is 18.6. The zero-order chi connectivity index (χ0) is 22.9. The second-order valence-corrected chi connectivity index (χ2v) is 10.7. The molecule has 0 amide bonds. The van der Waals surface area contributed by atoms with E-state index in [9.17, 15) is 8.42 Å². The normalized spacial score (nSPS) is 12.2. The summed E-state index contributed by atoms with van der Waals surface area (Å²) in [6.45, 7) is 4.85. The average molecular weight is 471 g/mol. The maximum atomic E-state index is 12.5. The number of aromatic nitrogens is 5. The lowest BCUT2D eigenvalue weighted by atomic mass is 10.3. The Bertz CT molecular complexity index is 1340. The summed E-state index contributed by atoms with van der Waals surface area (Å²) in [7, 11) is -0.456. The van der Waals surface area contributed by atoms with Crippen LogP contribution in [0.25, 0.3) is 16.7 Å². The largest absolute Gasteiger partial charge is 0.327 e. The molecule has 0 radical (unpaired) electrons. The fraction of sp³-hybridized carbons (Fsp3) is 0.318. The Morgan fingerprint density at radius 1 is 1.06 bits per heavy atom. The number of benzene rings is 2. The minimum absolute atomic E-state index is 0.245. The zero-order valence-corrected chi connectivity index (χ0v) is 20.2. The van der Waals surface area contributed by atoms with Gasteiger partial charge in [-0.1, -0.05) is 36.9 Å². The first-order valence-electron chi connectivity index (χ1n) is 10.3. The Morgan fingerprint density at radius 3 is 2.50 bits per heavy atom. The summed E-state index contributed by atoms with van der Waals surface area (Å²) >= 11 is 1.57. The van der Waals surface area contributed by atoms with Gasteiger partial charge in [-0.3, -0.25) is 4.57 Å². The average Bonchev–Trinajstić information content (AvgIpc) is 3.32. The number of hydrogen-bond donors (Lipinski definition) is 0. The van der Waals surface area contributed by atoms with Gasteiger partial charge in [0, 0.05) is 26.3 Å². The molecule has 0 spiro atoms. The quantitative estimate of drug-likeness (QED) is 0.363. The van der Waals surface area contributed by atoms with Crippen molar-refractivity contribution in [1.29, 1.82) is 0 Å². The van der Waals surface area contributed by atoms with Crippen molar-refractivity contribution >= 4 is 32.8 Å². The van der Waals surface area contributed by atoms with Crippen molar-refractivity contribution in [2.75, 3.05) is 14.1 Å². The number of nitrogens with zero attached hydrogens (tertiary/aromatic N) is 6. The predicted molar refractivity (Wildman–Crippen MR) is 127 cm³/mol. The standard InChI is InChI=1S/C22H26N6O2S2/c1-5-13-27-20-12-11-18(32(29,30)26(3)4)14-19(20)23-21(27)15-31-22-25-24-16(2)28(22)17-9-7-6-8-10-17/h6-12,14H,5,13,15H2,1-4H3. The third-order valence-corrected chi connectivity index (χ3v) is 7.90. The predicted octanol–water partition coefficient (Wildman–Crippen LogP) is 3.88. The van der Waals surface area contributed by atoms with E-state index < -0.39 is 10.0 Å². The molecule has 0 saturated carbocycles. The van der Waals surface area contributed by atoms with Crippen molar-refractivity contribution in [2.45, 2.75) is 42.6 Å². The molecule has 4 rings (SSSR count). The van der Waals surface area contributed by atoms with Gasteiger partial charge in [-0.15, -0.1) is 10.2 Å². The molecule has 0 bridgehead atoms. The highest BCUT2D eigenvalue weighted by Crippen LogP contribution is 2.28. The summed E-state index contributed by atoms with van der Waals surface area (Å²) in [6, 6.07) is 15.2. The first-order valence-corrected chi connectivity index (χ1v) is 12.8. The van der Waals surface area contributed by atoms with E-state index in [1.807, 2.05) is 47.9 Å². The topological polar surface area (TPSA) is 85.9 Å². The number of sulfonamides is 1. The van der Waals surface area contributed by atoms with Gasteiger partial charge in [0.1, 0.15) is 11.6 Å². The summed E-state index contributed by atoms with van der Waals surface area (Å²) in [5.74, 6) is 2.29. The molecular weight excluding hydrogens is 444 g/mol. The fourth-order valence-corrected chi connectivity index (χ4v) is 5.42. The number of fused-ring (bicyclic) bond motifs is 1. The maximum Gasteiger partial charge on any atom is 0.242 e. The third-order valence-electron chi connectivity index (χ3n) is 5.16. The summed E-state index contributed by atoms with van der Waals surface area (Å²) in [5.41, 5.74) is 2.62. The van der Waals surface area contributed by atoms with Gasteiger partial charge in [0.15, 0.2) is 5.16 Å². The fourth-order valence-electron chi connectivity index (χ4n) is 3.55. The number of hydrogen-bond acceptors (Lipinski definition) is 6. The SMILES string of the molecule is CCCn1c(CSc2nnc(C)n2-c2ccccc2)nc2cc(S(=O)(=O)N(C)C)ccc21. The molecule has 0 aliphatic heterocycles. The lowest BCUT2D eigenvalue weighted by Crippen LogP contribution is -2.22. The van der Waals surface area contributed by atoms with Crippen molar-refractivity contribution < 1.29 is 8.42 Å². The molecule has 32 heavy (non-hydrogen) atoms. The minimum Gasteiger partial charge on any atom is -0.327 e. The molecule has 10 heteroatoms. The third kappa shape index (κ3) is 4.17. The van der Waals surface area contributed by atoms with Crippen LogP contribution in [0.2, 0.25) is 0 Å². The molecule has 4 aromatic rings. The number of imidazole rings is 1. The van der Waals surface area contributed by atoms with Crippen LogP contribution in [0.3, 0.4) is 0 Å². The molecule has 2 aromatic carbocycles. The lowest BCUT2D eigenvalue weighted by Gasteiger charge is -2.11. The summed E-state index contributed by atoms with van der Waals surface area (Å²) < 4.78 is 30.5. The smallest absolute Gasteiger partial charge is 0.242 e. The molecule has 0 fully saturated rings. The van der Waals surface area contributed by atoms with E-state index in [-0.39, 0.29) is 4.90 Å². The van der Waals surface area contributed by atoms with Crippen LogP contribution >= 0.6 is 11.8 Å². The van der Waals surface area contributed by atoms with Crippen molar-refractivity contribution in [3.05, 3.63) is 60.2 Å². The first kappa shape index (κ1) is 22.5. The molecular formula is C22H26N6O2S2. The Morgan fingerprint density at radius 2 is 1.81 bits per heavy atom. The van der Waals surface area contributed by atoms with E-state index in [0.29, 0.717) is 11.3 Å². The monoisotopic (exact) mass is 470 g/mol. The maximum absolute atomic E-state index is 12.5. The Labute approximate surface area is 192 Å². The van der Waals surface area contributed by atoms with Crippen LogP contribution in [0.15, 0.2) is 58.6 Å². The van der Waals surface area contributed by atoms with Crippen molar-refractivity contribution in [3.8, 4) is 5.69 Å². The summed E-state index contributed by atoms with van der Waals surface area (Å²) in [4.78, 5) is 5.04. The van der Waals surface area contributed by atoms with Gasteiger partial charge in [0.2, 0.25) is 10.0 Å². The van der Waals surface area contributed by atoms with Gasteiger partial charge in [-0.05, 0) is 43.7 Å². The van der Waals surface area contributed by atoms with Gasteiger partial charge < -0.3 is 4.57 Å². The van der Waals surface area contributed by atoms with E-state index >= 15 is 0 Å². The highest BCUT2D eigenvalue weighted by molar-refractivity contribution is 7.98. The Balaban J connectivity index is 1.69. The molecule has 0 aliphatic rings. The highest BCUT2D eigenvalue weighted by Gasteiger charge is 2.20. The van der Waals surface area contributed by atoms with Gasteiger partial charge in [-0.25, -0.2) is 17.7 Å². The second kappa shape index (κ2) is 9.05. The molecule has 0 saturated heterocycles. The molecule has 0 atom stereocenters. The van der Waals surface area contributed by atoms with Gasteiger partial charge >= 0.3 is 0 Å². The van der Waals surface area contributed by atoms with Crippen LogP contribution in [0.5, 0.6) is 0 Å². The Kier molecular flexibility index (Phi) is 6.36. The first-order chi connectivity index (χ1) is 15.3.